The highest BCUT2D eigenvalue weighted by atomic mass is 16.6. The summed E-state index contributed by atoms with van der Waals surface area (Å²) in [6.45, 7) is 6.31. The molecule has 0 aliphatic rings. The van der Waals surface area contributed by atoms with Crippen LogP contribution in [0.5, 0.6) is 0 Å². The zero-order chi connectivity index (χ0) is 48.6. The van der Waals surface area contributed by atoms with E-state index in [-0.39, 0.29) is 31.6 Å². The number of unbranched alkanes of at least 4 members (excludes halogenated alkanes) is 20. The van der Waals surface area contributed by atoms with E-state index in [4.69, 9.17) is 14.2 Å². The van der Waals surface area contributed by atoms with E-state index in [0.29, 0.717) is 19.3 Å². The van der Waals surface area contributed by atoms with Crippen LogP contribution in [0.4, 0.5) is 0 Å². The van der Waals surface area contributed by atoms with Crippen molar-refractivity contribution in [1.82, 2.24) is 0 Å². The smallest absolute Gasteiger partial charge is 0.310 e. The Morgan fingerprint density at radius 1 is 0.328 bits per heavy atom. The molecular weight excluding hydrogens is 829 g/mol. The summed E-state index contributed by atoms with van der Waals surface area (Å²) in [4.78, 5) is 38.0. The van der Waals surface area contributed by atoms with E-state index in [9.17, 15) is 14.4 Å². The van der Waals surface area contributed by atoms with Crippen LogP contribution in [-0.4, -0.2) is 37.2 Å². The van der Waals surface area contributed by atoms with Gasteiger partial charge in [0.15, 0.2) is 6.10 Å². The molecule has 0 aliphatic heterocycles. The SMILES string of the molecule is CC/C=C\C/C=C\C/C=C\C/C=C\C/C=C\CC(=O)OC(COC(=O)CCCCCCC/C=C\C/C=C\C/C=C\CC)COC(=O)CCCCCCCCCCC/C=C\CCCCCCCC. The highest BCUT2D eigenvalue weighted by molar-refractivity contribution is 5.72. The Labute approximate surface area is 412 Å². The van der Waals surface area contributed by atoms with Crippen LogP contribution in [-0.2, 0) is 28.6 Å². The fourth-order valence-corrected chi connectivity index (χ4v) is 7.23. The van der Waals surface area contributed by atoms with Gasteiger partial charge < -0.3 is 14.2 Å². The largest absolute Gasteiger partial charge is 0.462 e. The predicted octanol–water partition coefficient (Wildman–Crippen LogP) is 18.3. The second-order valence-electron chi connectivity index (χ2n) is 17.7. The van der Waals surface area contributed by atoms with Gasteiger partial charge in [0.05, 0.1) is 6.42 Å². The lowest BCUT2D eigenvalue weighted by molar-refractivity contribution is -0.166. The fourth-order valence-electron chi connectivity index (χ4n) is 7.23. The molecule has 6 nitrogen and oxygen atoms in total. The van der Waals surface area contributed by atoms with E-state index < -0.39 is 12.1 Å². The van der Waals surface area contributed by atoms with E-state index in [2.05, 4.69) is 118 Å². The molecule has 0 fully saturated rings. The Bertz CT molecular complexity index is 1390. The maximum atomic E-state index is 12.8. The molecule has 0 aromatic carbocycles. The van der Waals surface area contributed by atoms with E-state index >= 15 is 0 Å². The first-order valence-corrected chi connectivity index (χ1v) is 27.4. The number of ether oxygens (including phenoxy) is 3. The van der Waals surface area contributed by atoms with Crippen LogP contribution in [0.1, 0.15) is 239 Å². The summed E-state index contributed by atoms with van der Waals surface area (Å²) in [7, 11) is 0. The second kappa shape index (κ2) is 54.7. The van der Waals surface area contributed by atoms with Crippen LogP contribution in [0, 0.1) is 0 Å². The van der Waals surface area contributed by atoms with Crippen LogP contribution >= 0.6 is 0 Å². The topological polar surface area (TPSA) is 78.9 Å². The molecular formula is C61H100O6. The molecule has 0 aromatic rings. The minimum absolute atomic E-state index is 0.0897. The zero-order valence-corrected chi connectivity index (χ0v) is 43.4. The Morgan fingerprint density at radius 2 is 0.627 bits per heavy atom. The van der Waals surface area contributed by atoms with Gasteiger partial charge in [-0.25, -0.2) is 0 Å². The Morgan fingerprint density at radius 3 is 1.00 bits per heavy atom. The molecule has 1 unspecified atom stereocenters. The standard InChI is InChI=1S/C61H100O6/c1-4-7-10-13-16-19-22-25-28-29-30-31-34-36-39-42-45-48-51-54-60(63)66-57-58(67-61(64)55-52-49-46-43-40-37-33-27-24-21-18-15-12-9-6-3)56-65-59(62)53-50-47-44-41-38-35-32-26-23-20-17-14-11-8-5-2/h8-9,11-12,17-18,20-21,25-28,32-33,40,43,49,52,58H,4-7,10,13-16,19,22-24,29-31,34-39,41-42,44-48,50-51,53-57H2,1-3H3/b11-8-,12-9-,20-17-,21-18-,28-25-,32-26-,33-27-,43-40-,52-49-. The minimum Gasteiger partial charge on any atom is -0.462 e. The van der Waals surface area contributed by atoms with Gasteiger partial charge in [0, 0.05) is 12.8 Å². The van der Waals surface area contributed by atoms with Crippen molar-refractivity contribution in [3.63, 3.8) is 0 Å². The first-order chi connectivity index (χ1) is 33.0. The number of rotatable bonds is 48. The van der Waals surface area contributed by atoms with Crippen molar-refractivity contribution in [2.75, 3.05) is 13.2 Å². The van der Waals surface area contributed by atoms with Gasteiger partial charge in [0.1, 0.15) is 13.2 Å². The maximum Gasteiger partial charge on any atom is 0.310 e. The molecule has 0 spiro atoms. The van der Waals surface area contributed by atoms with Gasteiger partial charge >= 0.3 is 17.9 Å². The van der Waals surface area contributed by atoms with Crippen molar-refractivity contribution >= 4 is 17.9 Å². The molecule has 0 saturated heterocycles. The first-order valence-electron chi connectivity index (χ1n) is 27.4. The number of allylic oxidation sites excluding steroid dienone is 17. The molecule has 0 heterocycles. The van der Waals surface area contributed by atoms with Crippen LogP contribution in [0.2, 0.25) is 0 Å². The number of carbonyl (C=O) groups excluding carboxylic acids is 3. The predicted molar refractivity (Wildman–Crippen MR) is 288 cm³/mol. The van der Waals surface area contributed by atoms with Gasteiger partial charge in [-0.2, -0.15) is 0 Å². The fraction of sp³-hybridized carbons (Fsp3) is 0.656. The van der Waals surface area contributed by atoms with Gasteiger partial charge in [-0.3, -0.25) is 14.4 Å². The van der Waals surface area contributed by atoms with Crippen LogP contribution in [0.15, 0.2) is 109 Å². The van der Waals surface area contributed by atoms with Gasteiger partial charge in [0.25, 0.3) is 0 Å². The molecule has 0 aliphatic carbocycles. The monoisotopic (exact) mass is 929 g/mol. The summed E-state index contributed by atoms with van der Waals surface area (Å²) in [5.41, 5.74) is 0. The van der Waals surface area contributed by atoms with E-state index in [1.807, 2.05) is 6.08 Å². The van der Waals surface area contributed by atoms with E-state index in [1.54, 1.807) is 6.08 Å². The number of hydrogen-bond acceptors (Lipinski definition) is 6. The Hall–Kier alpha value is -3.93. The molecule has 0 bridgehead atoms. The molecule has 0 radical (unpaired) electrons. The molecule has 0 amide bonds. The summed E-state index contributed by atoms with van der Waals surface area (Å²) in [6.07, 6.45) is 73.9. The zero-order valence-electron chi connectivity index (χ0n) is 43.4. The lowest BCUT2D eigenvalue weighted by Crippen LogP contribution is -2.30. The summed E-state index contributed by atoms with van der Waals surface area (Å²) in [5.74, 6) is -1.08. The van der Waals surface area contributed by atoms with Crippen molar-refractivity contribution in [1.29, 1.82) is 0 Å². The highest BCUT2D eigenvalue weighted by Gasteiger charge is 2.19. The average Bonchev–Trinajstić information content (AvgIpc) is 3.33. The minimum atomic E-state index is -0.842. The normalized spacial score (nSPS) is 12.9. The lowest BCUT2D eigenvalue weighted by atomic mass is 10.1. The van der Waals surface area contributed by atoms with E-state index in [0.717, 1.165) is 103 Å². The van der Waals surface area contributed by atoms with Crippen molar-refractivity contribution < 1.29 is 28.6 Å². The Balaban J connectivity index is 4.50. The number of esters is 3. The quantitative estimate of drug-likeness (QED) is 0.0262. The molecule has 0 aromatic heterocycles. The number of hydrogen-bond donors (Lipinski definition) is 0. The molecule has 0 N–H and O–H groups in total. The molecule has 6 heteroatoms. The van der Waals surface area contributed by atoms with Crippen LogP contribution in [0.3, 0.4) is 0 Å². The van der Waals surface area contributed by atoms with Gasteiger partial charge in [-0.05, 0) is 103 Å². The van der Waals surface area contributed by atoms with E-state index in [1.165, 1.54) is 89.9 Å². The summed E-state index contributed by atoms with van der Waals surface area (Å²) in [5, 5.41) is 0. The maximum absolute atomic E-state index is 12.8. The second-order valence-corrected chi connectivity index (χ2v) is 17.7. The molecule has 0 rings (SSSR count). The number of carbonyl (C=O) groups is 3. The van der Waals surface area contributed by atoms with Gasteiger partial charge in [0.2, 0.25) is 0 Å². The van der Waals surface area contributed by atoms with Gasteiger partial charge in [-0.15, -0.1) is 0 Å². The lowest BCUT2D eigenvalue weighted by Gasteiger charge is -2.18. The molecule has 0 saturated carbocycles. The molecule has 1 atom stereocenters. The van der Waals surface area contributed by atoms with Gasteiger partial charge in [-0.1, -0.05) is 226 Å². The first kappa shape index (κ1) is 63.1. The van der Waals surface area contributed by atoms with Crippen LogP contribution < -0.4 is 0 Å². The summed E-state index contributed by atoms with van der Waals surface area (Å²) >= 11 is 0. The average molecular weight is 929 g/mol. The van der Waals surface area contributed by atoms with Crippen molar-refractivity contribution in [3.05, 3.63) is 109 Å². The third kappa shape index (κ3) is 52.9. The van der Waals surface area contributed by atoms with Crippen molar-refractivity contribution in [2.24, 2.45) is 0 Å². The highest BCUT2D eigenvalue weighted by Crippen LogP contribution is 2.14. The third-order valence-electron chi connectivity index (χ3n) is 11.3. The van der Waals surface area contributed by atoms with Crippen LogP contribution in [0.25, 0.3) is 0 Å². The summed E-state index contributed by atoms with van der Waals surface area (Å²) < 4.78 is 16.7. The summed E-state index contributed by atoms with van der Waals surface area (Å²) in [6, 6.07) is 0. The Kier molecular flexibility index (Phi) is 51.5. The third-order valence-corrected chi connectivity index (χ3v) is 11.3. The molecule has 380 valence electrons. The molecule has 67 heavy (non-hydrogen) atoms. The van der Waals surface area contributed by atoms with Crippen molar-refractivity contribution in [3.8, 4) is 0 Å². The van der Waals surface area contributed by atoms with Crippen molar-refractivity contribution in [2.45, 2.75) is 245 Å².